The summed E-state index contributed by atoms with van der Waals surface area (Å²) in [5.41, 5.74) is 0.932. The lowest BCUT2D eigenvalue weighted by molar-refractivity contribution is -0.0379. The first-order valence-corrected chi connectivity index (χ1v) is 8.77. The summed E-state index contributed by atoms with van der Waals surface area (Å²) >= 11 is 0. The Balaban J connectivity index is 1.93. The van der Waals surface area contributed by atoms with Crippen molar-refractivity contribution in [3.05, 3.63) is 81.3 Å². The van der Waals surface area contributed by atoms with Crippen molar-refractivity contribution in [1.82, 2.24) is 19.6 Å². The number of ether oxygens (including phenoxy) is 1. The van der Waals surface area contributed by atoms with Crippen molar-refractivity contribution in [3.63, 3.8) is 0 Å². The normalized spacial score (nSPS) is 10.7. The first-order valence-electron chi connectivity index (χ1n) is 8.77. The molecule has 0 unspecified atom stereocenters. The van der Waals surface area contributed by atoms with Crippen LogP contribution in [0.2, 0.25) is 0 Å². The number of hydrogen-bond acceptors (Lipinski definition) is 6. The summed E-state index contributed by atoms with van der Waals surface area (Å²) in [7, 11) is 1.17. The van der Waals surface area contributed by atoms with Gasteiger partial charge in [0.15, 0.2) is 5.82 Å². The molecule has 30 heavy (non-hydrogen) atoms. The zero-order valence-electron chi connectivity index (χ0n) is 16.4. The van der Waals surface area contributed by atoms with Gasteiger partial charge in [-0.1, -0.05) is 0 Å². The molecule has 0 aliphatic carbocycles. The van der Waals surface area contributed by atoms with E-state index in [2.05, 4.69) is 9.97 Å². The largest absolute Gasteiger partial charge is 0.487 e. The van der Waals surface area contributed by atoms with Gasteiger partial charge in [0.25, 0.3) is 11.5 Å². The van der Waals surface area contributed by atoms with E-state index in [1.807, 2.05) is 0 Å². The zero-order chi connectivity index (χ0) is 22.0. The van der Waals surface area contributed by atoms with Crippen molar-refractivity contribution < 1.29 is 23.5 Å². The maximum absolute atomic E-state index is 13.7. The molecule has 0 saturated carbocycles. The number of carbonyl (C=O) groups is 1. The van der Waals surface area contributed by atoms with Crippen LogP contribution in [0.3, 0.4) is 0 Å². The van der Waals surface area contributed by atoms with E-state index >= 15 is 0 Å². The van der Waals surface area contributed by atoms with E-state index in [9.17, 15) is 23.6 Å². The summed E-state index contributed by atoms with van der Waals surface area (Å²) in [4.78, 5) is 32.3. The molecule has 0 fully saturated rings. The fourth-order valence-electron chi connectivity index (χ4n) is 2.80. The van der Waals surface area contributed by atoms with Crippen LogP contribution in [0.25, 0.3) is 5.69 Å². The third-order valence-electron chi connectivity index (χ3n) is 4.28. The molecule has 3 heterocycles. The van der Waals surface area contributed by atoms with Crippen molar-refractivity contribution in [2.75, 3.05) is 7.05 Å². The molecular weight excluding hydrogens is 398 g/mol. The average Bonchev–Trinajstić information content (AvgIpc) is 2.67. The molecule has 3 aromatic heterocycles. The van der Waals surface area contributed by atoms with Crippen molar-refractivity contribution in [1.29, 1.82) is 0 Å². The fraction of sp³-hybridized carbons (Fsp3) is 0.200. The maximum Gasteiger partial charge on any atom is 0.295 e. The molecule has 1 N–H and O–H groups in total. The molecular formula is C20H18F2N4O4. The summed E-state index contributed by atoms with van der Waals surface area (Å²) in [6.07, 6.45) is 2.30. The van der Waals surface area contributed by atoms with Crippen molar-refractivity contribution in [3.8, 4) is 11.4 Å². The second-order valence-corrected chi connectivity index (χ2v) is 6.56. The number of hydrogen-bond donors (Lipinski definition) is 1. The number of amides is 1. The molecule has 8 nitrogen and oxygen atoms in total. The van der Waals surface area contributed by atoms with Crippen LogP contribution in [-0.4, -0.2) is 37.8 Å². The minimum absolute atomic E-state index is 0.0370. The first-order chi connectivity index (χ1) is 14.2. The molecule has 3 aromatic rings. The fourth-order valence-corrected chi connectivity index (χ4v) is 2.80. The van der Waals surface area contributed by atoms with E-state index in [0.717, 1.165) is 6.20 Å². The Hall–Kier alpha value is -3.66. The first kappa shape index (κ1) is 21.1. The predicted octanol–water partition coefficient (Wildman–Crippen LogP) is 2.56. The lowest BCUT2D eigenvalue weighted by Gasteiger charge is -2.16. The molecule has 156 valence electrons. The number of rotatable bonds is 5. The Bertz CT molecular complexity index is 1180. The molecule has 10 heteroatoms. The van der Waals surface area contributed by atoms with E-state index < -0.39 is 23.1 Å². The molecule has 0 spiro atoms. The van der Waals surface area contributed by atoms with Gasteiger partial charge in [0.2, 0.25) is 0 Å². The van der Waals surface area contributed by atoms with E-state index in [-0.39, 0.29) is 23.7 Å². The summed E-state index contributed by atoms with van der Waals surface area (Å²) in [5, 5.41) is 9.74. The van der Waals surface area contributed by atoms with Gasteiger partial charge in [0.1, 0.15) is 29.6 Å². The van der Waals surface area contributed by atoms with Crippen LogP contribution in [0.1, 0.15) is 27.4 Å². The van der Waals surface area contributed by atoms with Gasteiger partial charge >= 0.3 is 0 Å². The van der Waals surface area contributed by atoms with Gasteiger partial charge in [-0.2, -0.15) is 0 Å². The Morgan fingerprint density at radius 2 is 1.90 bits per heavy atom. The number of nitrogens with zero attached hydrogens (tertiary/aromatic N) is 4. The Labute approximate surface area is 170 Å². The van der Waals surface area contributed by atoms with Crippen molar-refractivity contribution in [2.45, 2.75) is 20.5 Å². The average molecular weight is 416 g/mol. The molecule has 0 aliphatic heterocycles. The number of aromatic nitrogens is 3. The zero-order valence-corrected chi connectivity index (χ0v) is 16.4. The second kappa shape index (κ2) is 8.37. The van der Waals surface area contributed by atoms with E-state index in [1.165, 1.54) is 29.9 Å². The molecule has 0 atom stereocenters. The summed E-state index contributed by atoms with van der Waals surface area (Å²) < 4.78 is 33.4. The van der Waals surface area contributed by atoms with Gasteiger partial charge in [0, 0.05) is 37.1 Å². The van der Waals surface area contributed by atoms with Crippen LogP contribution in [0.5, 0.6) is 5.75 Å². The molecule has 0 bridgehead atoms. The van der Waals surface area contributed by atoms with Gasteiger partial charge in [-0.05, 0) is 25.5 Å². The number of aryl methyl sites for hydroxylation is 2. The van der Waals surface area contributed by atoms with Crippen LogP contribution in [-0.2, 0) is 6.61 Å². The Morgan fingerprint density at radius 3 is 2.53 bits per heavy atom. The third-order valence-corrected chi connectivity index (χ3v) is 4.28. The molecule has 3 rings (SSSR count). The SMILES string of the molecule is Cc1cnc(C(=O)N(C)O)cc1-n1c(C)cc(OCc2ncc(F)cc2F)cc1=O. The predicted molar refractivity (Wildman–Crippen MR) is 102 cm³/mol. The van der Waals surface area contributed by atoms with Crippen molar-refractivity contribution in [2.24, 2.45) is 0 Å². The monoisotopic (exact) mass is 416 g/mol. The van der Waals surface area contributed by atoms with Crippen LogP contribution in [0.4, 0.5) is 8.78 Å². The molecule has 0 radical (unpaired) electrons. The maximum atomic E-state index is 13.7. The van der Waals surface area contributed by atoms with Crippen LogP contribution in [0, 0.1) is 25.5 Å². The van der Waals surface area contributed by atoms with Gasteiger partial charge in [-0.3, -0.25) is 29.3 Å². The molecule has 0 aliphatic rings. The van der Waals surface area contributed by atoms with Gasteiger partial charge < -0.3 is 4.74 Å². The summed E-state index contributed by atoms with van der Waals surface area (Å²) in [6, 6.07) is 4.86. The van der Waals surface area contributed by atoms with E-state index in [0.29, 0.717) is 28.1 Å². The van der Waals surface area contributed by atoms with Crippen LogP contribution >= 0.6 is 0 Å². The topological polar surface area (TPSA) is 97.6 Å². The van der Waals surface area contributed by atoms with Gasteiger partial charge in [-0.25, -0.2) is 13.8 Å². The summed E-state index contributed by atoms with van der Waals surface area (Å²) in [6.45, 7) is 3.09. The molecule has 1 amide bonds. The smallest absolute Gasteiger partial charge is 0.295 e. The Kier molecular flexibility index (Phi) is 5.88. The highest BCUT2D eigenvalue weighted by Gasteiger charge is 2.16. The van der Waals surface area contributed by atoms with Gasteiger partial charge in [-0.15, -0.1) is 0 Å². The lowest BCUT2D eigenvalue weighted by Crippen LogP contribution is -2.25. The van der Waals surface area contributed by atoms with Crippen molar-refractivity contribution >= 4 is 5.91 Å². The minimum atomic E-state index is -0.849. The highest BCUT2D eigenvalue weighted by atomic mass is 19.1. The van der Waals surface area contributed by atoms with Crippen LogP contribution in [0.15, 0.2) is 41.5 Å². The lowest BCUT2D eigenvalue weighted by atomic mass is 10.2. The standard InChI is InChI=1S/C20H18F2N4O4/c1-11-8-23-16(20(28)25(3)29)7-18(11)26-12(2)4-14(6-19(26)27)30-10-17-15(22)5-13(21)9-24-17/h4-9,29H,10H2,1-3H3. The summed E-state index contributed by atoms with van der Waals surface area (Å²) in [5.74, 6) is -2.20. The highest BCUT2D eigenvalue weighted by molar-refractivity contribution is 5.91. The Morgan fingerprint density at radius 1 is 1.17 bits per heavy atom. The van der Waals surface area contributed by atoms with Gasteiger partial charge in [0.05, 0.1) is 11.9 Å². The quantitative estimate of drug-likeness (QED) is 0.507. The number of hydroxylamine groups is 2. The molecule has 0 aromatic carbocycles. The van der Waals surface area contributed by atoms with Crippen LogP contribution < -0.4 is 10.3 Å². The minimum Gasteiger partial charge on any atom is -0.487 e. The second-order valence-electron chi connectivity index (χ2n) is 6.56. The van der Waals surface area contributed by atoms with E-state index in [1.54, 1.807) is 19.9 Å². The third kappa shape index (κ3) is 4.33. The number of carbonyl (C=O) groups excluding carboxylic acids is 1. The number of halogens is 2. The van der Waals surface area contributed by atoms with E-state index in [4.69, 9.17) is 4.74 Å². The highest BCUT2D eigenvalue weighted by Crippen LogP contribution is 2.19. The molecule has 0 saturated heterocycles. The number of pyridine rings is 3.